The predicted molar refractivity (Wildman–Crippen MR) is 94.9 cm³/mol. The molecule has 1 atom stereocenters. The molecule has 2 aromatic rings. The van der Waals surface area contributed by atoms with E-state index in [2.05, 4.69) is 5.32 Å². The van der Waals surface area contributed by atoms with Crippen molar-refractivity contribution in [1.82, 2.24) is 5.32 Å². The number of benzene rings is 2. The van der Waals surface area contributed by atoms with Gasteiger partial charge in [0.2, 0.25) is 5.91 Å². The van der Waals surface area contributed by atoms with Crippen LogP contribution in [0.25, 0.3) is 0 Å². The summed E-state index contributed by atoms with van der Waals surface area (Å²) in [5.74, 6) is -2.17. The highest BCUT2D eigenvalue weighted by Crippen LogP contribution is 2.47. The number of hydrogen-bond donors (Lipinski definition) is 1. The molecule has 0 aliphatic heterocycles. The summed E-state index contributed by atoms with van der Waals surface area (Å²) in [5, 5.41) is 3.05. The van der Waals surface area contributed by atoms with Crippen molar-refractivity contribution < 1.29 is 22.4 Å². The number of hydrogen-bond acceptors (Lipinski definition) is 1. The Hall–Kier alpha value is -2.08. The van der Waals surface area contributed by atoms with Gasteiger partial charge in [0.25, 0.3) is 6.43 Å². The number of nitrogens with one attached hydrogen (secondary N) is 1. The van der Waals surface area contributed by atoms with Crippen LogP contribution in [0.2, 0.25) is 5.02 Å². The molecule has 0 heterocycles. The van der Waals surface area contributed by atoms with E-state index in [4.69, 9.17) is 11.6 Å². The van der Waals surface area contributed by atoms with Crippen LogP contribution < -0.4 is 5.32 Å². The molecule has 0 spiro atoms. The van der Waals surface area contributed by atoms with E-state index >= 15 is 0 Å². The lowest BCUT2D eigenvalue weighted by molar-refractivity contribution is -0.122. The second kappa shape index (κ2) is 7.50. The Morgan fingerprint density at radius 3 is 2.48 bits per heavy atom. The topological polar surface area (TPSA) is 29.1 Å². The molecule has 2 aromatic carbocycles. The van der Waals surface area contributed by atoms with Crippen LogP contribution in [0, 0.1) is 11.6 Å². The highest BCUT2D eigenvalue weighted by atomic mass is 35.5. The quantitative estimate of drug-likeness (QED) is 0.606. The molecule has 144 valence electrons. The Morgan fingerprint density at radius 2 is 1.89 bits per heavy atom. The maximum atomic E-state index is 13.9. The Labute approximate surface area is 159 Å². The Balaban J connectivity index is 1.72. The van der Waals surface area contributed by atoms with Gasteiger partial charge >= 0.3 is 0 Å². The van der Waals surface area contributed by atoms with E-state index in [1.807, 2.05) is 0 Å². The molecule has 1 fully saturated rings. The molecule has 27 heavy (non-hydrogen) atoms. The number of amides is 1. The fourth-order valence-electron chi connectivity index (χ4n) is 3.23. The molecule has 0 bridgehead atoms. The van der Waals surface area contributed by atoms with Crippen LogP contribution in [0.3, 0.4) is 0 Å². The van der Waals surface area contributed by atoms with Crippen LogP contribution in [0.4, 0.5) is 17.6 Å². The van der Waals surface area contributed by atoms with Gasteiger partial charge in [0.15, 0.2) is 0 Å². The monoisotopic (exact) mass is 399 g/mol. The molecule has 1 N–H and O–H groups in total. The molecule has 1 aliphatic carbocycles. The summed E-state index contributed by atoms with van der Waals surface area (Å²) in [4.78, 5) is 12.4. The summed E-state index contributed by atoms with van der Waals surface area (Å²) < 4.78 is 52.9. The normalized spacial score (nSPS) is 16.3. The van der Waals surface area contributed by atoms with Crippen LogP contribution in [-0.2, 0) is 10.3 Å². The molecule has 1 amide bonds. The summed E-state index contributed by atoms with van der Waals surface area (Å²) in [5.41, 5.74) is -0.120. The molecule has 2 nitrogen and oxygen atoms in total. The molecule has 1 aliphatic rings. The molecule has 3 rings (SSSR count). The largest absolute Gasteiger partial charge is 0.347 e. The fraction of sp³-hybridized carbons (Fsp3) is 0.350. The highest BCUT2D eigenvalue weighted by Gasteiger charge is 2.46. The number of alkyl halides is 2. The van der Waals surface area contributed by atoms with Crippen molar-refractivity contribution in [2.45, 2.75) is 44.1 Å². The third kappa shape index (κ3) is 4.43. The predicted octanol–water partition coefficient (Wildman–Crippen LogP) is 5.85. The minimum atomic E-state index is -2.66. The molecular formula is C20H18ClF4NO. The van der Waals surface area contributed by atoms with Gasteiger partial charge in [-0.25, -0.2) is 17.6 Å². The van der Waals surface area contributed by atoms with Crippen molar-refractivity contribution in [3.05, 3.63) is 69.7 Å². The Kier molecular flexibility index (Phi) is 5.47. The summed E-state index contributed by atoms with van der Waals surface area (Å²) >= 11 is 5.94. The average Bonchev–Trinajstić information content (AvgIpc) is 3.34. The van der Waals surface area contributed by atoms with Crippen molar-refractivity contribution in [3.63, 3.8) is 0 Å². The summed E-state index contributed by atoms with van der Waals surface area (Å²) in [6, 6.07) is 7.38. The molecule has 0 saturated heterocycles. The summed E-state index contributed by atoms with van der Waals surface area (Å²) in [6.45, 7) is 1.67. The number of halogens is 5. The zero-order valence-corrected chi connectivity index (χ0v) is 15.3. The van der Waals surface area contributed by atoms with Crippen molar-refractivity contribution >= 4 is 17.5 Å². The minimum Gasteiger partial charge on any atom is -0.347 e. The summed E-state index contributed by atoms with van der Waals surface area (Å²) in [7, 11) is 0. The van der Waals surface area contributed by atoms with E-state index in [0.29, 0.717) is 18.4 Å². The van der Waals surface area contributed by atoms with Gasteiger partial charge < -0.3 is 5.32 Å². The second-order valence-electron chi connectivity index (χ2n) is 6.98. The van der Waals surface area contributed by atoms with Crippen LogP contribution >= 0.6 is 11.6 Å². The summed E-state index contributed by atoms with van der Waals surface area (Å²) in [6.07, 6.45) is -1.44. The Bertz CT molecular complexity index is 867. The van der Waals surface area contributed by atoms with Gasteiger partial charge in [0, 0.05) is 23.1 Å². The lowest BCUT2D eigenvalue weighted by Crippen LogP contribution is -2.35. The molecule has 1 unspecified atom stereocenters. The van der Waals surface area contributed by atoms with Gasteiger partial charge in [-0.3, -0.25) is 4.79 Å². The highest BCUT2D eigenvalue weighted by molar-refractivity contribution is 6.30. The van der Waals surface area contributed by atoms with Gasteiger partial charge in [-0.2, -0.15) is 0 Å². The number of carbonyl (C=O) groups is 1. The SMILES string of the molecule is CC(CC(=O)NC1(c2cc(Cl)cc(C(F)F)c2)CC1)c1ccc(F)cc1F. The van der Waals surface area contributed by atoms with E-state index in [9.17, 15) is 22.4 Å². The number of rotatable bonds is 6. The maximum absolute atomic E-state index is 13.9. The molecule has 0 aromatic heterocycles. The zero-order valence-electron chi connectivity index (χ0n) is 14.5. The molecular weight excluding hydrogens is 382 g/mol. The van der Waals surface area contributed by atoms with Gasteiger partial charge in [0.1, 0.15) is 11.6 Å². The van der Waals surface area contributed by atoms with Gasteiger partial charge in [-0.1, -0.05) is 24.6 Å². The van der Waals surface area contributed by atoms with Crippen molar-refractivity contribution in [2.75, 3.05) is 0 Å². The number of carbonyl (C=O) groups excluding carboxylic acids is 1. The Morgan fingerprint density at radius 1 is 1.19 bits per heavy atom. The first-order valence-electron chi connectivity index (χ1n) is 8.55. The van der Waals surface area contributed by atoms with Gasteiger partial charge in [-0.15, -0.1) is 0 Å². The zero-order chi connectivity index (χ0) is 19.8. The maximum Gasteiger partial charge on any atom is 0.263 e. The fourth-order valence-corrected chi connectivity index (χ4v) is 3.48. The molecule has 1 saturated carbocycles. The van der Waals surface area contributed by atoms with Crippen molar-refractivity contribution in [1.29, 1.82) is 0 Å². The second-order valence-corrected chi connectivity index (χ2v) is 7.41. The lowest BCUT2D eigenvalue weighted by atomic mass is 9.96. The van der Waals surface area contributed by atoms with E-state index in [1.54, 1.807) is 13.0 Å². The first kappa shape index (κ1) is 19.7. The van der Waals surface area contributed by atoms with Crippen LogP contribution in [0.1, 0.15) is 55.2 Å². The average molecular weight is 400 g/mol. The standard InChI is InChI=1S/C20H18ClF4NO/c1-11(16-3-2-15(22)10-17(16)23)6-18(27)26-20(4-5-20)13-7-12(19(24)25)8-14(21)9-13/h2-3,7-11,19H,4-6H2,1H3,(H,26,27). The van der Waals surface area contributed by atoms with Crippen molar-refractivity contribution in [3.8, 4) is 0 Å². The van der Waals surface area contributed by atoms with Crippen LogP contribution in [0.5, 0.6) is 0 Å². The van der Waals surface area contributed by atoms with Gasteiger partial charge in [-0.05, 0) is 54.2 Å². The molecule has 7 heteroatoms. The molecule has 0 radical (unpaired) electrons. The smallest absolute Gasteiger partial charge is 0.263 e. The lowest BCUT2D eigenvalue weighted by Gasteiger charge is -2.21. The van der Waals surface area contributed by atoms with E-state index < -0.39 is 29.5 Å². The third-order valence-corrected chi connectivity index (χ3v) is 5.06. The van der Waals surface area contributed by atoms with E-state index in [0.717, 1.165) is 12.1 Å². The third-order valence-electron chi connectivity index (χ3n) is 4.84. The first-order chi connectivity index (χ1) is 12.7. The van der Waals surface area contributed by atoms with E-state index in [1.165, 1.54) is 18.2 Å². The van der Waals surface area contributed by atoms with E-state index in [-0.39, 0.29) is 28.5 Å². The van der Waals surface area contributed by atoms with Crippen LogP contribution in [0.15, 0.2) is 36.4 Å². The minimum absolute atomic E-state index is 0.00737. The first-order valence-corrected chi connectivity index (χ1v) is 8.93. The van der Waals surface area contributed by atoms with Crippen molar-refractivity contribution in [2.24, 2.45) is 0 Å². The van der Waals surface area contributed by atoms with Gasteiger partial charge in [0.05, 0.1) is 5.54 Å². The van der Waals surface area contributed by atoms with Crippen LogP contribution in [-0.4, -0.2) is 5.91 Å².